The number of nitrogens with one attached hydrogen (secondary N) is 1. The Bertz CT molecular complexity index is 339. The van der Waals surface area contributed by atoms with Gasteiger partial charge in [-0.15, -0.1) is 0 Å². The molecule has 0 aromatic carbocycles. The highest BCUT2D eigenvalue weighted by Gasteiger charge is 2.33. The molecule has 2 rings (SSSR count). The average Bonchev–Trinajstić information content (AvgIpc) is 2.62. The van der Waals surface area contributed by atoms with Gasteiger partial charge in [-0.25, -0.2) is 0 Å². The van der Waals surface area contributed by atoms with Gasteiger partial charge in [-0.3, -0.25) is 0 Å². The molecule has 0 aliphatic carbocycles. The van der Waals surface area contributed by atoms with Gasteiger partial charge in [0.25, 0.3) is 0 Å². The molecule has 0 amide bonds. The van der Waals surface area contributed by atoms with Crippen molar-refractivity contribution in [2.24, 2.45) is 5.41 Å². The lowest BCUT2D eigenvalue weighted by atomic mass is 9.79. The first-order valence-corrected chi connectivity index (χ1v) is 6.49. The van der Waals surface area contributed by atoms with Gasteiger partial charge in [0.15, 0.2) is 0 Å². The van der Waals surface area contributed by atoms with Crippen molar-refractivity contribution in [3.05, 3.63) is 23.5 Å². The molecule has 17 heavy (non-hydrogen) atoms. The summed E-state index contributed by atoms with van der Waals surface area (Å²) in [6.07, 6.45) is 2.41. The molecule has 1 aromatic heterocycles. The third kappa shape index (κ3) is 2.72. The van der Waals surface area contributed by atoms with E-state index in [1.807, 2.05) is 7.11 Å². The fraction of sp³-hybridized carbons (Fsp3) is 0.714. The van der Waals surface area contributed by atoms with E-state index in [0.29, 0.717) is 5.41 Å². The molecule has 2 heterocycles. The third-order valence-corrected chi connectivity index (χ3v) is 4.03. The summed E-state index contributed by atoms with van der Waals surface area (Å²) in [5, 5.41) is 3.44. The molecule has 0 saturated carbocycles. The maximum Gasteiger partial charge on any atom is 0.0536 e. The van der Waals surface area contributed by atoms with E-state index < -0.39 is 0 Å². The monoisotopic (exact) mass is 236 g/mol. The molecular formula is C14H24N2O. The van der Waals surface area contributed by atoms with Crippen molar-refractivity contribution >= 4 is 0 Å². The number of aryl methyl sites for hydroxylation is 2. The van der Waals surface area contributed by atoms with E-state index >= 15 is 0 Å². The number of rotatable bonds is 4. The van der Waals surface area contributed by atoms with Gasteiger partial charge in [-0.05, 0) is 51.9 Å². The Morgan fingerprint density at radius 2 is 1.82 bits per heavy atom. The number of aromatic nitrogens is 1. The second kappa shape index (κ2) is 5.23. The standard InChI is InChI=1S/C14H24N2O/c1-12-4-5-13(2)16(12)10-14(11-17-3)6-8-15-9-7-14/h4-5,15H,6-11H2,1-3H3. The molecule has 1 aliphatic rings. The molecule has 1 saturated heterocycles. The summed E-state index contributed by atoms with van der Waals surface area (Å²) in [6.45, 7) is 8.56. The van der Waals surface area contributed by atoms with Crippen molar-refractivity contribution < 1.29 is 4.74 Å². The van der Waals surface area contributed by atoms with Crippen molar-refractivity contribution in [1.82, 2.24) is 9.88 Å². The van der Waals surface area contributed by atoms with Gasteiger partial charge in [0.2, 0.25) is 0 Å². The van der Waals surface area contributed by atoms with E-state index in [2.05, 4.69) is 35.9 Å². The van der Waals surface area contributed by atoms with Gasteiger partial charge in [-0.1, -0.05) is 0 Å². The van der Waals surface area contributed by atoms with Crippen LogP contribution in [-0.2, 0) is 11.3 Å². The highest BCUT2D eigenvalue weighted by atomic mass is 16.5. The molecule has 1 aliphatic heterocycles. The van der Waals surface area contributed by atoms with Crippen LogP contribution in [0.25, 0.3) is 0 Å². The fourth-order valence-electron chi connectivity index (χ4n) is 2.90. The van der Waals surface area contributed by atoms with Crippen LogP contribution in [0.1, 0.15) is 24.2 Å². The van der Waals surface area contributed by atoms with Crippen molar-refractivity contribution in [3.8, 4) is 0 Å². The van der Waals surface area contributed by atoms with Crippen molar-refractivity contribution in [1.29, 1.82) is 0 Å². The Labute approximate surface area is 104 Å². The number of piperidine rings is 1. The topological polar surface area (TPSA) is 26.2 Å². The van der Waals surface area contributed by atoms with Crippen LogP contribution < -0.4 is 5.32 Å². The summed E-state index contributed by atoms with van der Waals surface area (Å²) in [6, 6.07) is 4.41. The van der Waals surface area contributed by atoms with Crippen molar-refractivity contribution in [2.75, 3.05) is 26.8 Å². The average molecular weight is 236 g/mol. The number of nitrogens with zero attached hydrogens (tertiary/aromatic N) is 1. The van der Waals surface area contributed by atoms with Gasteiger partial charge < -0.3 is 14.6 Å². The number of hydrogen-bond donors (Lipinski definition) is 1. The van der Waals surface area contributed by atoms with Crippen LogP contribution in [-0.4, -0.2) is 31.4 Å². The van der Waals surface area contributed by atoms with Gasteiger partial charge in [-0.2, -0.15) is 0 Å². The van der Waals surface area contributed by atoms with Gasteiger partial charge >= 0.3 is 0 Å². The van der Waals surface area contributed by atoms with E-state index in [9.17, 15) is 0 Å². The summed E-state index contributed by atoms with van der Waals surface area (Å²) in [7, 11) is 1.82. The Balaban J connectivity index is 2.17. The van der Waals surface area contributed by atoms with Crippen LogP contribution in [0.5, 0.6) is 0 Å². The summed E-state index contributed by atoms with van der Waals surface area (Å²) in [4.78, 5) is 0. The molecule has 96 valence electrons. The third-order valence-electron chi connectivity index (χ3n) is 4.03. The lowest BCUT2D eigenvalue weighted by Crippen LogP contribution is -2.42. The fourth-order valence-corrected chi connectivity index (χ4v) is 2.90. The minimum absolute atomic E-state index is 0.314. The molecule has 1 N–H and O–H groups in total. The van der Waals surface area contributed by atoms with E-state index in [1.54, 1.807) is 0 Å². The van der Waals surface area contributed by atoms with E-state index in [4.69, 9.17) is 4.74 Å². The number of ether oxygens (including phenoxy) is 1. The van der Waals surface area contributed by atoms with Crippen LogP contribution in [0, 0.1) is 19.3 Å². The van der Waals surface area contributed by atoms with Gasteiger partial charge in [0.1, 0.15) is 0 Å². The summed E-state index contributed by atoms with van der Waals surface area (Å²) >= 11 is 0. The number of methoxy groups -OCH3 is 1. The molecule has 3 nitrogen and oxygen atoms in total. The van der Waals surface area contributed by atoms with Crippen molar-refractivity contribution in [3.63, 3.8) is 0 Å². The van der Waals surface area contributed by atoms with Crippen molar-refractivity contribution in [2.45, 2.75) is 33.2 Å². The quantitative estimate of drug-likeness (QED) is 0.866. The van der Waals surface area contributed by atoms with Crippen LogP contribution in [0.4, 0.5) is 0 Å². The van der Waals surface area contributed by atoms with E-state index in [0.717, 1.165) is 26.2 Å². The lowest BCUT2D eigenvalue weighted by Gasteiger charge is -2.38. The molecule has 0 unspecified atom stereocenters. The van der Waals surface area contributed by atoms with E-state index in [1.165, 1.54) is 24.2 Å². The zero-order valence-corrected chi connectivity index (χ0v) is 11.3. The molecular weight excluding hydrogens is 212 g/mol. The maximum atomic E-state index is 5.47. The predicted octanol–water partition coefficient (Wildman–Crippen LogP) is 2.12. The Hall–Kier alpha value is -0.800. The molecule has 0 bridgehead atoms. The van der Waals surface area contributed by atoms with Crippen LogP contribution in [0.3, 0.4) is 0 Å². The predicted molar refractivity (Wildman–Crippen MR) is 70.3 cm³/mol. The molecule has 0 spiro atoms. The summed E-state index contributed by atoms with van der Waals surface area (Å²) in [5.74, 6) is 0. The maximum absolute atomic E-state index is 5.47. The zero-order chi connectivity index (χ0) is 12.3. The first kappa shape index (κ1) is 12.7. The first-order valence-electron chi connectivity index (χ1n) is 6.49. The minimum atomic E-state index is 0.314. The smallest absolute Gasteiger partial charge is 0.0536 e. The SMILES string of the molecule is COCC1(Cn2c(C)ccc2C)CCNCC1. The van der Waals surface area contributed by atoms with Crippen LogP contribution >= 0.6 is 0 Å². The van der Waals surface area contributed by atoms with Gasteiger partial charge in [0.05, 0.1) is 6.61 Å². The summed E-state index contributed by atoms with van der Waals surface area (Å²) in [5.41, 5.74) is 3.03. The second-order valence-electron chi connectivity index (χ2n) is 5.39. The van der Waals surface area contributed by atoms with Crippen LogP contribution in [0.15, 0.2) is 12.1 Å². The second-order valence-corrected chi connectivity index (χ2v) is 5.39. The summed E-state index contributed by atoms with van der Waals surface area (Å²) < 4.78 is 7.91. The normalized spacial score (nSPS) is 19.5. The van der Waals surface area contributed by atoms with Crippen LogP contribution in [0.2, 0.25) is 0 Å². The van der Waals surface area contributed by atoms with E-state index in [-0.39, 0.29) is 0 Å². The van der Waals surface area contributed by atoms with Gasteiger partial charge in [0, 0.05) is 30.5 Å². The largest absolute Gasteiger partial charge is 0.384 e. The highest BCUT2D eigenvalue weighted by Crippen LogP contribution is 2.32. The Morgan fingerprint density at radius 1 is 1.24 bits per heavy atom. The zero-order valence-electron chi connectivity index (χ0n) is 11.3. The number of hydrogen-bond acceptors (Lipinski definition) is 2. The Kier molecular flexibility index (Phi) is 3.89. The lowest BCUT2D eigenvalue weighted by molar-refractivity contribution is 0.0394. The highest BCUT2D eigenvalue weighted by molar-refractivity contribution is 5.14. The first-order chi connectivity index (χ1) is 8.17. The molecule has 1 fully saturated rings. The molecule has 1 aromatic rings. The molecule has 3 heteroatoms. The molecule has 0 radical (unpaired) electrons. The Morgan fingerprint density at radius 3 is 2.35 bits per heavy atom. The molecule has 0 atom stereocenters. The minimum Gasteiger partial charge on any atom is -0.384 e.